The van der Waals surface area contributed by atoms with Gasteiger partial charge in [0.05, 0.1) is 12.4 Å². The van der Waals surface area contributed by atoms with Crippen LogP contribution in [0.2, 0.25) is 0 Å². The van der Waals surface area contributed by atoms with E-state index in [9.17, 15) is 8.42 Å². The van der Waals surface area contributed by atoms with Gasteiger partial charge in [0.1, 0.15) is 4.90 Å². The Bertz CT molecular complexity index is 668. The van der Waals surface area contributed by atoms with Gasteiger partial charge in [-0.05, 0) is 17.6 Å². The van der Waals surface area contributed by atoms with Crippen molar-refractivity contribution in [2.24, 2.45) is 0 Å². The van der Waals surface area contributed by atoms with Gasteiger partial charge < -0.3 is 10.0 Å². The first-order chi connectivity index (χ1) is 8.38. The van der Waals surface area contributed by atoms with Crippen LogP contribution in [0.25, 0.3) is 5.82 Å². The molecule has 2 N–H and O–H groups in total. The summed E-state index contributed by atoms with van der Waals surface area (Å²) in [6.07, 6.45) is 4.98. The maximum absolute atomic E-state index is 11.3. The van der Waals surface area contributed by atoms with E-state index >= 15 is 0 Å². The van der Waals surface area contributed by atoms with Crippen LogP contribution in [0.3, 0.4) is 0 Å². The minimum atomic E-state index is -3.33. The molecule has 7 nitrogen and oxygen atoms in total. The van der Waals surface area contributed by atoms with Gasteiger partial charge in [-0.2, -0.15) is 5.10 Å². The maximum Gasteiger partial charge on any atom is 0.488 e. The van der Waals surface area contributed by atoms with E-state index in [2.05, 4.69) is 10.1 Å². The highest BCUT2D eigenvalue weighted by atomic mass is 32.2. The van der Waals surface area contributed by atoms with Gasteiger partial charge >= 0.3 is 7.12 Å². The van der Waals surface area contributed by atoms with Crippen LogP contribution >= 0.6 is 0 Å². The SMILES string of the molecule is CS(=O)(=O)c1cnn(-c2cc(B(O)O)ccn2)c1. The molecule has 0 aliphatic heterocycles. The minimum Gasteiger partial charge on any atom is -0.423 e. The summed E-state index contributed by atoms with van der Waals surface area (Å²) < 4.78 is 23.9. The minimum absolute atomic E-state index is 0.0688. The first-order valence-corrected chi connectivity index (χ1v) is 6.84. The summed E-state index contributed by atoms with van der Waals surface area (Å²) >= 11 is 0. The lowest BCUT2D eigenvalue weighted by molar-refractivity contribution is 0.425. The highest BCUT2D eigenvalue weighted by molar-refractivity contribution is 7.90. The normalized spacial score (nSPS) is 11.5. The molecule has 18 heavy (non-hydrogen) atoms. The fourth-order valence-electron chi connectivity index (χ4n) is 1.34. The van der Waals surface area contributed by atoms with Gasteiger partial charge in [0.15, 0.2) is 15.7 Å². The monoisotopic (exact) mass is 267 g/mol. The molecule has 2 aromatic rings. The molecule has 0 fully saturated rings. The smallest absolute Gasteiger partial charge is 0.423 e. The first kappa shape index (κ1) is 12.7. The summed E-state index contributed by atoms with van der Waals surface area (Å²) in [4.78, 5) is 4.04. The Kier molecular flexibility index (Phi) is 3.20. The van der Waals surface area contributed by atoms with Crippen molar-refractivity contribution in [1.82, 2.24) is 14.8 Å². The second-order valence-electron chi connectivity index (χ2n) is 3.71. The van der Waals surface area contributed by atoms with Gasteiger partial charge in [-0.15, -0.1) is 0 Å². The lowest BCUT2D eigenvalue weighted by Gasteiger charge is -2.03. The summed E-state index contributed by atoms with van der Waals surface area (Å²) in [6.45, 7) is 0. The zero-order valence-electron chi connectivity index (χ0n) is 9.42. The topological polar surface area (TPSA) is 105 Å². The van der Waals surface area contributed by atoms with E-state index in [0.29, 0.717) is 5.82 Å². The van der Waals surface area contributed by atoms with Crippen LogP contribution in [-0.2, 0) is 9.84 Å². The average molecular weight is 267 g/mol. The average Bonchev–Trinajstić information content (AvgIpc) is 2.78. The number of hydrogen-bond acceptors (Lipinski definition) is 6. The van der Waals surface area contributed by atoms with E-state index in [1.54, 1.807) is 0 Å². The van der Waals surface area contributed by atoms with Crippen molar-refractivity contribution in [3.05, 3.63) is 30.7 Å². The molecule has 0 aliphatic rings. The molecule has 0 aromatic carbocycles. The fourth-order valence-corrected chi connectivity index (χ4v) is 1.87. The molecule has 0 saturated carbocycles. The van der Waals surface area contributed by atoms with E-state index in [1.807, 2.05) is 0 Å². The van der Waals surface area contributed by atoms with Crippen LogP contribution in [-0.4, -0.2) is 46.6 Å². The first-order valence-electron chi connectivity index (χ1n) is 4.95. The summed E-state index contributed by atoms with van der Waals surface area (Å²) in [6, 6.07) is 2.85. The Morgan fingerprint density at radius 2 is 2.11 bits per heavy atom. The molecule has 94 valence electrons. The van der Waals surface area contributed by atoms with E-state index < -0.39 is 17.0 Å². The van der Waals surface area contributed by atoms with Gasteiger partial charge in [0.25, 0.3) is 0 Å². The van der Waals surface area contributed by atoms with E-state index in [0.717, 1.165) is 6.26 Å². The predicted molar refractivity (Wildman–Crippen MR) is 64.3 cm³/mol. The van der Waals surface area contributed by atoms with Gasteiger partial charge in [0, 0.05) is 12.5 Å². The maximum atomic E-state index is 11.3. The highest BCUT2D eigenvalue weighted by Crippen LogP contribution is 2.09. The fraction of sp³-hybridized carbons (Fsp3) is 0.111. The summed E-state index contributed by atoms with van der Waals surface area (Å²) in [5, 5.41) is 21.9. The van der Waals surface area contributed by atoms with Crippen LogP contribution in [0.1, 0.15) is 0 Å². The molecule has 0 unspecified atom stereocenters. The Labute approximate surface area is 104 Å². The van der Waals surface area contributed by atoms with Gasteiger partial charge in [-0.3, -0.25) is 0 Å². The molecular formula is C9H10BN3O4S. The van der Waals surface area contributed by atoms with Crippen molar-refractivity contribution in [3.63, 3.8) is 0 Å². The Hall–Kier alpha value is -1.71. The Morgan fingerprint density at radius 1 is 1.39 bits per heavy atom. The molecule has 0 aliphatic carbocycles. The zero-order chi connectivity index (χ0) is 13.3. The van der Waals surface area contributed by atoms with Gasteiger partial charge in [-0.1, -0.05) is 0 Å². The van der Waals surface area contributed by atoms with Crippen molar-refractivity contribution in [1.29, 1.82) is 0 Å². The molecule has 0 amide bonds. The second kappa shape index (κ2) is 4.52. The third-order valence-corrected chi connectivity index (χ3v) is 3.36. The van der Waals surface area contributed by atoms with Crippen LogP contribution < -0.4 is 5.46 Å². The van der Waals surface area contributed by atoms with Crippen molar-refractivity contribution in [2.75, 3.05) is 6.26 Å². The number of hydrogen-bond donors (Lipinski definition) is 2. The molecule has 9 heteroatoms. The summed E-state index contributed by atoms with van der Waals surface area (Å²) in [7, 11) is -4.94. The Morgan fingerprint density at radius 3 is 2.67 bits per heavy atom. The number of pyridine rings is 1. The molecule has 2 heterocycles. The third-order valence-electron chi connectivity index (χ3n) is 2.29. The molecule has 0 spiro atoms. The number of sulfone groups is 1. The van der Waals surface area contributed by atoms with Crippen molar-refractivity contribution >= 4 is 22.4 Å². The quantitative estimate of drug-likeness (QED) is 0.645. The van der Waals surface area contributed by atoms with Crippen molar-refractivity contribution in [2.45, 2.75) is 4.90 Å². The standard InChI is InChI=1S/C9H10BN3O4S/c1-18(16,17)8-5-12-13(6-8)9-4-7(10(14)15)2-3-11-9/h2-6,14-15H,1H3. The van der Waals surface area contributed by atoms with Crippen LogP contribution in [0.5, 0.6) is 0 Å². The van der Waals surface area contributed by atoms with Crippen LogP contribution in [0, 0.1) is 0 Å². The predicted octanol–water partition coefficient (Wildman–Crippen LogP) is -1.65. The summed E-state index contributed by atoms with van der Waals surface area (Å²) in [5.41, 5.74) is 0.247. The van der Waals surface area contributed by atoms with Gasteiger partial charge in [-0.25, -0.2) is 18.1 Å². The molecule has 2 rings (SSSR count). The third kappa shape index (κ3) is 2.58. The molecule has 0 atom stereocenters. The second-order valence-corrected chi connectivity index (χ2v) is 5.73. The van der Waals surface area contributed by atoms with E-state index in [-0.39, 0.29) is 10.4 Å². The lowest BCUT2D eigenvalue weighted by Crippen LogP contribution is -2.30. The number of aromatic nitrogens is 3. The highest BCUT2D eigenvalue weighted by Gasteiger charge is 2.14. The molecule has 2 aromatic heterocycles. The number of rotatable bonds is 3. The Balaban J connectivity index is 2.43. The van der Waals surface area contributed by atoms with Crippen LogP contribution in [0.4, 0.5) is 0 Å². The molecular weight excluding hydrogens is 257 g/mol. The number of nitrogens with zero attached hydrogens (tertiary/aromatic N) is 3. The summed E-state index contributed by atoms with van der Waals surface area (Å²) in [5.74, 6) is 0.301. The van der Waals surface area contributed by atoms with Crippen LogP contribution in [0.15, 0.2) is 35.6 Å². The van der Waals surface area contributed by atoms with Crippen molar-refractivity contribution in [3.8, 4) is 5.82 Å². The zero-order valence-corrected chi connectivity index (χ0v) is 10.2. The molecule has 0 radical (unpaired) electrons. The molecule has 0 bridgehead atoms. The van der Waals surface area contributed by atoms with E-state index in [4.69, 9.17) is 10.0 Å². The van der Waals surface area contributed by atoms with E-state index in [1.165, 1.54) is 35.4 Å². The largest absolute Gasteiger partial charge is 0.488 e. The van der Waals surface area contributed by atoms with Gasteiger partial charge in [0.2, 0.25) is 0 Å². The van der Waals surface area contributed by atoms with Crippen molar-refractivity contribution < 1.29 is 18.5 Å². The lowest BCUT2D eigenvalue weighted by atomic mass is 9.81. The molecule has 0 saturated heterocycles.